The number of phenols is 2. The summed E-state index contributed by atoms with van der Waals surface area (Å²) in [6.45, 7) is 0. The summed E-state index contributed by atoms with van der Waals surface area (Å²) in [7, 11) is 0. The highest BCUT2D eigenvalue weighted by Crippen LogP contribution is 2.45. The Hall–Kier alpha value is -4.20. The van der Waals surface area contributed by atoms with E-state index in [0.29, 0.717) is 5.69 Å². The number of nitrogens with zero attached hydrogens (tertiary/aromatic N) is 1. The lowest BCUT2D eigenvalue weighted by Gasteiger charge is -2.20. The van der Waals surface area contributed by atoms with E-state index in [4.69, 9.17) is 0 Å². The summed E-state index contributed by atoms with van der Waals surface area (Å²) in [5.41, 5.74) is -1.72. The van der Waals surface area contributed by atoms with E-state index in [2.05, 4.69) is 5.32 Å². The van der Waals surface area contributed by atoms with Crippen molar-refractivity contribution < 1.29 is 24.7 Å². The summed E-state index contributed by atoms with van der Waals surface area (Å²) in [6.07, 6.45) is 0. The second-order valence-electron chi connectivity index (χ2n) is 6.15. The highest BCUT2D eigenvalue weighted by molar-refractivity contribution is 6.31. The Labute approximate surface area is 157 Å². The molecule has 0 spiro atoms. The van der Waals surface area contributed by atoms with Crippen LogP contribution in [-0.4, -0.2) is 26.7 Å². The van der Waals surface area contributed by atoms with Gasteiger partial charge in [-0.05, 0) is 24.3 Å². The number of para-hydroxylation sites is 1. The lowest BCUT2D eigenvalue weighted by atomic mass is 9.82. The van der Waals surface area contributed by atoms with Crippen LogP contribution in [0.25, 0.3) is 0 Å². The first kappa shape index (κ1) is 17.2. The third-order valence-corrected chi connectivity index (χ3v) is 4.49. The van der Waals surface area contributed by atoms with Crippen LogP contribution in [0.4, 0.5) is 17.1 Å². The molecule has 4 rings (SSSR count). The molecule has 3 aromatic carbocycles. The van der Waals surface area contributed by atoms with Gasteiger partial charge in [0.05, 0.1) is 10.5 Å². The molecule has 1 aliphatic carbocycles. The van der Waals surface area contributed by atoms with Gasteiger partial charge >= 0.3 is 5.69 Å². The number of ketones is 2. The van der Waals surface area contributed by atoms with Gasteiger partial charge in [-0.2, -0.15) is 0 Å². The number of hydrogen-bond donors (Lipinski definition) is 3. The zero-order chi connectivity index (χ0) is 20.0. The number of hydrogen-bond acceptors (Lipinski definition) is 7. The molecule has 0 atom stereocenters. The summed E-state index contributed by atoms with van der Waals surface area (Å²) < 4.78 is 0. The quantitative estimate of drug-likeness (QED) is 0.283. The van der Waals surface area contributed by atoms with Gasteiger partial charge in [0.1, 0.15) is 17.1 Å². The van der Waals surface area contributed by atoms with E-state index < -0.39 is 39.2 Å². The van der Waals surface area contributed by atoms with Crippen molar-refractivity contribution in [2.75, 3.05) is 5.32 Å². The zero-order valence-corrected chi connectivity index (χ0v) is 14.2. The Kier molecular flexibility index (Phi) is 3.82. The topological polar surface area (TPSA) is 130 Å². The number of anilines is 2. The molecule has 0 fully saturated rings. The predicted octanol–water partition coefficient (Wildman–Crippen LogP) is 3.53. The Morgan fingerprint density at radius 2 is 1.54 bits per heavy atom. The lowest BCUT2D eigenvalue weighted by molar-refractivity contribution is -0.384. The van der Waals surface area contributed by atoms with Crippen LogP contribution in [0.1, 0.15) is 31.8 Å². The van der Waals surface area contributed by atoms with Crippen LogP contribution in [0.3, 0.4) is 0 Å². The normalized spacial score (nSPS) is 12.3. The number of nitro groups is 1. The van der Waals surface area contributed by atoms with Crippen molar-refractivity contribution >= 4 is 28.6 Å². The molecular weight excluding hydrogens is 364 g/mol. The molecule has 0 aromatic heterocycles. The van der Waals surface area contributed by atoms with Crippen molar-refractivity contribution in [1.29, 1.82) is 0 Å². The molecule has 8 nitrogen and oxygen atoms in total. The van der Waals surface area contributed by atoms with Crippen LogP contribution in [0.5, 0.6) is 11.5 Å². The van der Waals surface area contributed by atoms with Crippen molar-refractivity contribution in [1.82, 2.24) is 0 Å². The number of benzene rings is 3. The molecule has 0 heterocycles. The number of carbonyl (C=O) groups is 2. The van der Waals surface area contributed by atoms with Crippen LogP contribution in [0.15, 0.2) is 54.6 Å². The molecule has 3 N–H and O–H groups in total. The van der Waals surface area contributed by atoms with E-state index in [0.717, 1.165) is 6.07 Å². The number of nitro benzene ring substituents is 1. The molecule has 138 valence electrons. The molecule has 8 heteroatoms. The Morgan fingerprint density at radius 3 is 2.21 bits per heavy atom. The molecule has 0 saturated heterocycles. The number of aromatic hydroxyl groups is 2. The van der Waals surface area contributed by atoms with Crippen LogP contribution < -0.4 is 5.32 Å². The molecule has 0 aliphatic heterocycles. The monoisotopic (exact) mass is 376 g/mol. The maximum atomic E-state index is 13.0. The van der Waals surface area contributed by atoms with Gasteiger partial charge in [-0.1, -0.05) is 30.3 Å². The van der Waals surface area contributed by atoms with Gasteiger partial charge in [0.15, 0.2) is 11.5 Å². The highest BCUT2D eigenvalue weighted by Gasteiger charge is 2.40. The average Bonchev–Trinajstić information content (AvgIpc) is 2.67. The van der Waals surface area contributed by atoms with E-state index in [9.17, 15) is 29.9 Å². The molecule has 0 unspecified atom stereocenters. The van der Waals surface area contributed by atoms with Gasteiger partial charge < -0.3 is 15.5 Å². The maximum Gasteiger partial charge on any atom is 0.308 e. The third-order valence-electron chi connectivity index (χ3n) is 4.49. The molecule has 3 aromatic rings. The van der Waals surface area contributed by atoms with Crippen molar-refractivity contribution in [2.24, 2.45) is 0 Å². The Bertz CT molecular complexity index is 1170. The minimum atomic E-state index is -0.856. The number of fused-ring (bicyclic) bond motifs is 2. The number of phenolic OH excluding ortho intramolecular Hbond substituents is 2. The van der Waals surface area contributed by atoms with Gasteiger partial charge in [0.25, 0.3) is 0 Å². The van der Waals surface area contributed by atoms with E-state index in [1.54, 1.807) is 30.3 Å². The maximum absolute atomic E-state index is 13.0. The largest absolute Gasteiger partial charge is 0.507 e. The number of carbonyl (C=O) groups excluding carboxylic acids is 2. The molecule has 28 heavy (non-hydrogen) atoms. The molecule has 0 radical (unpaired) electrons. The van der Waals surface area contributed by atoms with Crippen molar-refractivity contribution in [3.63, 3.8) is 0 Å². The van der Waals surface area contributed by atoms with E-state index >= 15 is 0 Å². The van der Waals surface area contributed by atoms with Crippen molar-refractivity contribution in [2.45, 2.75) is 0 Å². The number of rotatable bonds is 3. The van der Waals surface area contributed by atoms with Gasteiger partial charge in [-0.25, -0.2) is 0 Å². The second kappa shape index (κ2) is 6.20. The fourth-order valence-electron chi connectivity index (χ4n) is 3.27. The molecule has 0 bridgehead atoms. The first-order valence-corrected chi connectivity index (χ1v) is 8.18. The first-order chi connectivity index (χ1) is 13.4. The summed E-state index contributed by atoms with van der Waals surface area (Å²) in [4.78, 5) is 36.8. The van der Waals surface area contributed by atoms with Crippen molar-refractivity contribution in [3.05, 3.63) is 87.0 Å². The highest BCUT2D eigenvalue weighted by atomic mass is 16.6. The Morgan fingerprint density at radius 1 is 0.821 bits per heavy atom. The van der Waals surface area contributed by atoms with Gasteiger partial charge in [-0.3, -0.25) is 19.7 Å². The lowest BCUT2D eigenvalue weighted by Crippen LogP contribution is -2.23. The predicted molar refractivity (Wildman–Crippen MR) is 99.5 cm³/mol. The summed E-state index contributed by atoms with van der Waals surface area (Å²) >= 11 is 0. The van der Waals surface area contributed by atoms with Crippen LogP contribution in [0, 0.1) is 10.1 Å². The van der Waals surface area contributed by atoms with E-state index in [1.165, 1.54) is 18.2 Å². The smallest absolute Gasteiger partial charge is 0.308 e. The fourth-order valence-corrected chi connectivity index (χ4v) is 3.27. The molecule has 0 amide bonds. The van der Waals surface area contributed by atoms with Gasteiger partial charge in [0, 0.05) is 16.8 Å². The van der Waals surface area contributed by atoms with Crippen LogP contribution in [-0.2, 0) is 0 Å². The third kappa shape index (κ3) is 2.47. The SMILES string of the molecule is O=C1c2cccc(O)c2C(=O)c2c1cc(O)c(Nc1ccccc1)c2[N+](=O)[O-]. The second-order valence-corrected chi connectivity index (χ2v) is 6.15. The molecular formula is C20H12N2O6. The molecule has 0 saturated carbocycles. The summed E-state index contributed by atoms with van der Waals surface area (Å²) in [5.74, 6) is -2.53. The van der Waals surface area contributed by atoms with E-state index in [1.807, 2.05) is 0 Å². The number of nitrogens with one attached hydrogen (secondary N) is 1. The first-order valence-electron chi connectivity index (χ1n) is 8.18. The summed E-state index contributed by atoms with van der Waals surface area (Å²) in [6, 6.07) is 13.4. The van der Waals surface area contributed by atoms with Gasteiger partial charge in [-0.15, -0.1) is 0 Å². The minimum absolute atomic E-state index is 0.0741. The minimum Gasteiger partial charge on any atom is -0.507 e. The fraction of sp³-hybridized carbons (Fsp3) is 0. The zero-order valence-electron chi connectivity index (χ0n) is 14.2. The van der Waals surface area contributed by atoms with Crippen LogP contribution >= 0.6 is 0 Å². The standard InChI is InChI=1S/C20H12N2O6/c23-13-8-4-7-11-15(13)20(26)16-12(19(11)25)9-14(24)17(18(16)22(27)28)21-10-5-2-1-3-6-10/h1-9,21,23-24H. The van der Waals surface area contributed by atoms with Crippen LogP contribution in [0.2, 0.25) is 0 Å². The van der Waals surface area contributed by atoms with E-state index in [-0.39, 0.29) is 22.4 Å². The summed E-state index contributed by atoms with van der Waals surface area (Å²) in [5, 5.41) is 35.0. The average molecular weight is 376 g/mol. The van der Waals surface area contributed by atoms with Crippen molar-refractivity contribution in [3.8, 4) is 11.5 Å². The molecule has 1 aliphatic rings. The van der Waals surface area contributed by atoms with Gasteiger partial charge in [0.2, 0.25) is 5.78 Å². The Balaban J connectivity index is 2.00.